The zero-order valence-corrected chi connectivity index (χ0v) is 36.2. The number of benzene rings is 2. The predicted molar refractivity (Wildman–Crippen MR) is 230 cm³/mol. The summed E-state index contributed by atoms with van der Waals surface area (Å²) in [5, 5.41) is 0. The minimum absolute atomic E-state index is 0. The standard InChI is InChI=1S/C48H51BrN4.Ni/c1-45(2,3)30-21-28(22-31(25-30)46(4,5)6)42-36-15-13-34(50-36)27-35-14-16-37(51-35)43(29-23-32(47(7,8)9)26-33(24-29)48(10,11)12)39-18-20-41(53-39)44(49)40-19-17-38(42)52-40;/h13-27H,1-12H3;/q-2;+2. The van der Waals surface area contributed by atoms with E-state index in [1.54, 1.807) is 0 Å². The van der Waals surface area contributed by atoms with Crippen LogP contribution in [-0.2, 0) is 38.2 Å². The van der Waals surface area contributed by atoms with Crippen molar-refractivity contribution in [1.82, 2.24) is 19.9 Å². The van der Waals surface area contributed by atoms with Gasteiger partial charge in [0, 0.05) is 0 Å². The molecule has 0 fully saturated rings. The number of nitrogens with zero attached hydrogens (tertiary/aromatic N) is 4. The van der Waals surface area contributed by atoms with Crippen LogP contribution in [-0.4, -0.2) is 9.97 Å². The van der Waals surface area contributed by atoms with Crippen LogP contribution in [0.1, 0.15) is 128 Å². The number of hydrogen-bond acceptors (Lipinski definition) is 2. The molecule has 7 rings (SSSR count). The number of halogens is 1. The van der Waals surface area contributed by atoms with Gasteiger partial charge in [-0.25, -0.2) is 9.97 Å². The molecule has 0 saturated carbocycles. The van der Waals surface area contributed by atoms with Crippen LogP contribution in [0.25, 0.3) is 68.6 Å². The molecule has 0 saturated heterocycles. The summed E-state index contributed by atoms with van der Waals surface area (Å²) < 4.78 is 0.846. The van der Waals surface area contributed by atoms with E-state index in [1.165, 1.54) is 22.3 Å². The Kier molecular flexibility index (Phi) is 10.3. The third-order valence-corrected chi connectivity index (χ3v) is 11.1. The number of hydrogen-bond donors (Lipinski definition) is 0. The topological polar surface area (TPSA) is 54.0 Å². The van der Waals surface area contributed by atoms with E-state index in [2.05, 4.69) is 190 Å². The molecular weight excluding hydrogens is 771 g/mol. The van der Waals surface area contributed by atoms with Crippen molar-refractivity contribution in [2.24, 2.45) is 0 Å². The van der Waals surface area contributed by atoms with Gasteiger partial charge in [-0.15, -0.1) is 22.1 Å². The summed E-state index contributed by atoms with van der Waals surface area (Å²) in [6, 6.07) is 24.5. The first-order valence-electron chi connectivity index (χ1n) is 18.7. The molecule has 2 aliphatic rings. The van der Waals surface area contributed by atoms with Gasteiger partial charge in [-0.2, -0.15) is 0 Å². The van der Waals surface area contributed by atoms with Crippen LogP contribution in [0.5, 0.6) is 0 Å². The molecule has 0 aliphatic carbocycles. The van der Waals surface area contributed by atoms with Gasteiger partial charge in [0.05, 0.1) is 22.8 Å². The van der Waals surface area contributed by atoms with Gasteiger partial charge in [0.25, 0.3) is 0 Å². The van der Waals surface area contributed by atoms with Crippen molar-refractivity contribution in [1.29, 1.82) is 0 Å². The second-order valence-electron chi connectivity index (χ2n) is 18.7. The van der Waals surface area contributed by atoms with Crippen molar-refractivity contribution >= 4 is 62.3 Å². The maximum atomic E-state index is 5.27. The van der Waals surface area contributed by atoms with E-state index in [-0.39, 0.29) is 38.2 Å². The fourth-order valence-electron chi connectivity index (χ4n) is 6.86. The third-order valence-electron chi connectivity index (χ3n) is 10.3. The van der Waals surface area contributed by atoms with Crippen LogP contribution in [0, 0.1) is 0 Å². The van der Waals surface area contributed by atoms with Crippen LogP contribution in [0.15, 0.2) is 71.2 Å². The first kappa shape index (κ1) is 39.7. The smallest absolute Gasteiger partial charge is 0.656 e. The second-order valence-corrected chi connectivity index (χ2v) is 19.5. The van der Waals surface area contributed by atoms with Crippen molar-refractivity contribution in [3.8, 4) is 22.3 Å². The molecule has 2 aromatic carbocycles. The third kappa shape index (κ3) is 7.88. The molecule has 3 aromatic heterocycles. The summed E-state index contributed by atoms with van der Waals surface area (Å²) in [4.78, 5) is 21.0. The van der Waals surface area contributed by atoms with Gasteiger partial charge in [0.15, 0.2) is 0 Å². The monoisotopic (exact) mass is 820 g/mol. The molecule has 6 heteroatoms. The first-order chi connectivity index (χ1) is 24.6. The fourth-order valence-corrected chi connectivity index (χ4v) is 7.30. The van der Waals surface area contributed by atoms with E-state index in [9.17, 15) is 0 Å². The summed E-state index contributed by atoms with van der Waals surface area (Å²) in [5.41, 5.74) is 16.2. The number of rotatable bonds is 2. The molecule has 280 valence electrons. The molecule has 2 aliphatic heterocycles. The Hall–Kier alpha value is -3.99. The molecule has 54 heavy (non-hydrogen) atoms. The van der Waals surface area contributed by atoms with E-state index in [4.69, 9.17) is 19.9 Å². The summed E-state index contributed by atoms with van der Waals surface area (Å²) in [5.74, 6) is 0. The molecule has 0 N–H and O–H groups in total. The van der Waals surface area contributed by atoms with Crippen LogP contribution >= 0.6 is 15.9 Å². The Morgan fingerprint density at radius 1 is 0.426 bits per heavy atom. The van der Waals surface area contributed by atoms with E-state index in [1.807, 2.05) is 0 Å². The average Bonchev–Trinajstić information content (AvgIpc) is 3.88. The van der Waals surface area contributed by atoms with Gasteiger partial charge in [-0.3, -0.25) is 0 Å². The van der Waals surface area contributed by atoms with Crippen molar-refractivity contribution in [3.05, 3.63) is 116 Å². The summed E-state index contributed by atoms with van der Waals surface area (Å²) in [7, 11) is 0. The van der Waals surface area contributed by atoms with Crippen molar-refractivity contribution in [2.45, 2.75) is 105 Å². The molecule has 5 heterocycles. The second kappa shape index (κ2) is 13.9. The Balaban J connectivity index is 0.00000497. The van der Waals surface area contributed by atoms with Crippen LogP contribution < -0.4 is 9.97 Å². The van der Waals surface area contributed by atoms with Crippen molar-refractivity contribution < 1.29 is 16.5 Å². The van der Waals surface area contributed by atoms with Gasteiger partial charge in [0.1, 0.15) is 0 Å². The van der Waals surface area contributed by atoms with Crippen LogP contribution in [0.3, 0.4) is 0 Å². The van der Waals surface area contributed by atoms with Crippen molar-refractivity contribution in [3.63, 3.8) is 0 Å². The van der Waals surface area contributed by atoms with Gasteiger partial charge in [-0.1, -0.05) is 160 Å². The molecule has 0 spiro atoms. The Labute approximate surface area is 340 Å². The number of aromatic nitrogens is 4. The minimum Gasteiger partial charge on any atom is -0.656 e. The zero-order chi connectivity index (χ0) is 38.2. The molecule has 0 atom stereocenters. The maximum absolute atomic E-state index is 5.27. The summed E-state index contributed by atoms with van der Waals surface area (Å²) in [6.45, 7) is 27.3. The molecule has 4 nitrogen and oxygen atoms in total. The molecule has 8 bridgehead atoms. The van der Waals surface area contributed by atoms with Gasteiger partial charge in [0.2, 0.25) is 0 Å². The fraction of sp³-hybridized carbons (Fsp3) is 0.333. The van der Waals surface area contributed by atoms with Crippen LogP contribution in [0.2, 0.25) is 0 Å². The largest absolute Gasteiger partial charge is 2.00 e. The SMILES string of the molecule is CC(C)(C)c1cc(-c2c3nc(cc4nc(c(-c5cc(C(C)(C)C)cc(C(C)(C)C)c5)c5ccc([n-]5)c(Br)c5ccc2[n-]5)C=C4)C=C3)cc(C(C)(C)C)c1.[Ni+2]. The van der Waals surface area contributed by atoms with E-state index < -0.39 is 0 Å². The van der Waals surface area contributed by atoms with E-state index >= 15 is 0 Å². The molecule has 0 unspecified atom stereocenters. The Morgan fingerprint density at radius 3 is 1.06 bits per heavy atom. The first-order valence-corrected chi connectivity index (χ1v) is 19.5. The van der Waals surface area contributed by atoms with E-state index in [0.29, 0.717) is 0 Å². The molecular formula is C48H51BrN4Ni. The predicted octanol–water partition coefficient (Wildman–Crippen LogP) is 13.2. The summed E-state index contributed by atoms with van der Waals surface area (Å²) in [6.07, 6.45) is 8.41. The average molecular weight is 823 g/mol. The zero-order valence-electron chi connectivity index (χ0n) is 33.6. The van der Waals surface area contributed by atoms with Crippen LogP contribution in [0.4, 0.5) is 0 Å². The quantitative estimate of drug-likeness (QED) is 0.163. The number of fused-ring (bicyclic) bond motifs is 8. The summed E-state index contributed by atoms with van der Waals surface area (Å²) >= 11 is 3.94. The molecule has 5 aromatic rings. The van der Waals surface area contributed by atoms with Gasteiger partial charge in [-0.05, 0) is 101 Å². The van der Waals surface area contributed by atoms with Crippen molar-refractivity contribution in [2.75, 3.05) is 0 Å². The maximum Gasteiger partial charge on any atom is 2.00 e. The molecule has 0 amide bonds. The van der Waals surface area contributed by atoms with Gasteiger partial charge >= 0.3 is 16.5 Å². The molecule has 0 radical (unpaired) electrons. The van der Waals surface area contributed by atoms with E-state index in [0.717, 1.165) is 71.6 Å². The minimum atomic E-state index is -0.0325. The normalized spacial score (nSPS) is 13.4. The van der Waals surface area contributed by atoms with Gasteiger partial charge < -0.3 is 9.97 Å². The Morgan fingerprint density at radius 2 is 0.741 bits per heavy atom. The Bertz CT molecular complexity index is 2260.